The summed E-state index contributed by atoms with van der Waals surface area (Å²) in [6, 6.07) is 12.8. The van der Waals surface area contributed by atoms with Gasteiger partial charge < -0.3 is 14.2 Å². The quantitative estimate of drug-likeness (QED) is 0.626. The van der Waals surface area contributed by atoms with Gasteiger partial charge in [0.05, 0.1) is 20.4 Å². The van der Waals surface area contributed by atoms with E-state index in [1.807, 2.05) is 31.2 Å². The number of carbonyl (C=O) groups is 1. The van der Waals surface area contributed by atoms with Crippen molar-refractivity contribution < 1.29 is 19.0 Å². The largest absolute Gasteiger partial charge is 0.493 e. The maximum Gasteiger partial charge on any atom is 0.277 e. The molecule has 1 amide bonds. The summed E-state index contributed by atoms with van der Waals surface area (Å²) in [5.41, 5.74) is 4.31. The monoisotopic (exact) mass is 328 g/mol. The summed E-state index contributed by atoms with van der Waals surface area (Å²) in [5.74, 6) is 1.52. The third kappa shape index (κ3) is 5.01. The van der Waals surface area contributed by atoms with E-state index in [2.05, 4.69) is 10.5 Å². The summed E-state index contributed by atoms with van der Waals surface area (Å²) >= 11 is 0. The minimum atomic E-state index is -0.340. The third-order valence-corrected chi connectivity index (χ3v) is 3.20. The van der Waals surface area contributed by atoms with Gasteiger partial charge in [0.25, 0.3) is 5.91 Å². The molecule has 0 radical (unpaired) electrons. The number of nitrogens with zero attached hydrogens (tertiary/aromatic N) is 1. The van der Waals surface area contributed by atoms with E-state index >= 15 is 0 Å². The Hall–Kier alpha value is -3.02. The number of hydrazone groups is 1. The Kier molecular flexibility index (Phi) is 6.19. The van der Waals surface area contributed by atoms with Crippen molar-refractivity contribution in [1.29, 1.82) is 0 Å². The number of nitrogens with one attached hydrogen (secondary N) is 1. The Balaban J connectivity index is 1.84. The first-order chi connectivity index (χ1) is 11.6. The molecule has 0 saturated heterocycles. The van der Waals surface area contributed by atoms with Gasteiger partial charge in [0.2, 0.25) is 0 Å². The van der Waals surface area contributed by atoms with Crippen molar-refractivity contribution >= 4 is 12.1 Å². The lowest BCUT2D eigenvalue weighted by molar-refractivity contribution is -0.123. The van der Waals surface area contributed by atoms with Crippen molar-refractivity contribution in [3.05, 3.63) is 53.6 Å². The highest BCUT2D eigenvalue weighted by Gasteiger charge is 2.04. The third-order valence-electron chi connectivity index (χ3n) is 3.20. The van der Waals surface area contributed by atoms with Gasteiger partial charge in [-0.3, -0.25) is 4.79 Å². The van der Waals surface area contributed by atoms with Crippen LogP contribution in [0.5, 0.6) is 17.2 Å². The number of ether oxygens (including phenoxy) is 3. The second kappa shape index (κ2) is 8.57. The zero-order valence-corrected chi connectivity index (χ0v) is 13.9. The van der Waals surface area contributed by atoms with Crippen LogP contribution in [0.1, 0.15) is 11.1 Å². The van der Waals surface area contributed by atoms with Crippen molar-refractivity contribution in [3.8, 4) is 17.2 Å². The van der Waals surface area contributed by atoms with Crippen molar-refractivity contribution in [2.24, 2.45) is 5.10 Å². The Morgan fingerprint density at radius 2 is 1.79 bits per heavy atom. The molecule has 0 aliphatic carbocycles. The molecule has 2 aromatic rings. The van der Waals surface area contributed by atoms with Crippen LogP contribution in [0, 0.1) is 6.92 Å². The van der Waals surface area contributed by atoms with Crippen molar-refractivity contribution in [1.82, 2.24) is 5.43 Å². The van der Waals surface area contributed by atoms with Crippen LogP contribution in [-0.2, 0) is 4.79 Å². The lowest BCUT2D eigenvalue weighted by Crippen LogP contribution is -2.24. The fraction of sp³-hybridized carbons (Fsp3) is 0.222. The molecule has 2 aromatic carbocycles. The normalized spacial score (nSPS) is 10.5. The minimum absolute atomic E-state index is 0.105. The summed E-state index contributed by atoms with van der Waals surface area (Å²) in [6.07, 6.45) is 1.52. The first-order valence-electron chi connectivity index (χ1n) is 7.36. The molecule has 0 aliphatic rings. The predicted molar refractivity (Wildman–Crippen MR) is 92.0 cm³/mol. The molecule has 0 heterocycles. The van der Waals surface area contributed by atoms with Gasteiger partial charge >= 0.3 is 0 Å². The second-order valence-corrected chi connectivity index (χ2v) is 5.01. The summed E-state index contributed by atoms with van der Waals surface area (Å²) in [6.45, 7) is 1.88. The molecule has 0 saturated carbocycles. The van der Waals surface area contributed by atoms with E-state index in [1.165, 1.54) is 6.21 Å². The van der Waals surface area contributed by atoms with Crippen LogP contribution in [0.4, 0.5) is 0 Å². The molecular weight excluding hydrogens is 308 g/mol. The first-order valence-corrected chi connectivity index (χ1v) is 7.36. The van der Waals surface area contributed by atoms with E-state index in [0.29, 0.717) is 17.2 Å². The van der Waals surface area contributed by atoms with Gasteiger partial charge in [0, 0.05) is 0 Å². The van der Waals surface area contributed by atoms with Gasteiger partial charge in [-0.1, -0.05) is 17.7 Å². The Morgan fingerprint density at radius 3 is 2.46 bits per heavy atom. The van der Waals surface area contributed by atoms with Crippen LogP contribution in [-0.4, -0.2) is 32.9 Å². The maximum absolute atomic E-state index is 11.7. The molecule has 126 valence electrons. The molecular formula is C18H20N2O4. The highest BCUT2D eigenvalue weighted by Crippen LogP contribution is 2.26. The van der Waals surface area contributed by atoms with E-state index in [0.717, 1.165) is 11.1 Å². The van der Waals surface area contributed by atoms with Gasteiger partial charge in [-0.05, 0) is 42.8 Å². The average Bonchev–Trinajstić information content (AvgIpc) is 2.61. The molecule has 1 N–H and O–H groups in total. The molecule has 6 heteroatoms. The van der Waals surface area contributed by atoms with E-state index in [-0.39, 0.29) is 12.5 Å². The smallest absolute Gasteiger partial charge is 0.277 e. The van der Waals surface area contributed by atoms with E-state index < -0.39 is 0 Å². The number of hydrogen-bond acceptors (Lipinski definition) is 5. The average molecular weight is 328 g/mol. The van der Waals surface area contributed by atoms with E-state index in [1.54, 1.807) is 32.4 Å². The molecule has 0 unspecified atom stereocenters. The molecule has 0 fully saturated rings. The molecule has 24 heavy (non-hydrogen) atoms. The minimum Gasteiger partial charge on any atom is -0.493 e. The Labute approximate surface area is 141 Å². The SMILES string of the molecule is COc1ccc(/C=N/NC(=O)COc2ccc(C)cc2)cc1OC. The van der Waals surface area contributed by atoms with Crippen molar-refractivity contribution in [3.63, 3.8) is 0 Å². The predicted octanol–water partition coefficient (Wildman–Crippen LogP) is 2.54. The zero-order chi connectivity index (χ0) is 17.4. The summed E-state index contributed by atoms with van der Waals surface area (Å²) in [4.78, 5) is 11.7. The van der Waals surface area contributed by atoms with Gasteiger partial charge in [-0.25, -0.2) is 5.43 Å². The van der Waals surface area contributed by atoms with Crippen molar-refractivity contribution in [2.45, 2.75) is 6.92 Å². The fourth-order valence-electron chi connectivity index (χ4n) is 1.93. The van der Waals surface area contributed by atoms with Crippen LogP contribution >= 0.6 is 0 Å². The second-order valence-electron chi connectivity index (χ2n) is 5.01. The number of aryl methyl sites for hydroxylation is 1. The van der Waals surface area contributed by atoms with Crippen LogP contribution in [0.25, 0.3) is 0 Å². The number of rotatable bonds is 7. The molecule has 0 spiro atoms. The zero-order valence-electron chi connectivity index (χ0n) is 13.9. The molecule has 0 aromatic heterocycles. The fourth-order valence-corrected chi connectivity index (χ4v) is 1.93. The number of carbonyl (C=O) groups excluding carboxylic acids is 1. The number of hydrogen-bond donors (Lipinski definition) is 1. The number of methoxy groups -OCH3 is 2. The van der Waals surface area contributed by atoms with Crippen LogP contribution in [0.2, 0.25) is 0 Å². The van der Waals surface area contributed by atoms with E-state index in [9.17, 15) is 4.79 Å². The lowest BCUT2D eigenvalue weighted by Gasteiger charge is -2.07. The first kappa shape index (κ1) is 17.3. The highest BCUT2D eigenvalue weighted by molar-refractivity contribution is 5.83. The summed E-state index contributed by atoms with van der Waals surface area (Å²) in [7, 11) is 3.13. The van der Waals surface area contributed by atoms with Gasteiger partial charge in [-0.15, -0.1) is 0 Å². The highest BCUT2D eigenvalue weighted by atomic mass is 16.5. The lowest BCUT2D eigenvalue weighted by atomic mass is 10.2. The molecule has 6 nitrogen and oxygen atoms in total. The Bertz CT molecular complexity index is 711. The van der Waals surface area contributed by atoms with Gasteiger partial charge in [0.15, 0.2) is 18.1 Å². The molecule has 0 bridgehead atoms. The summed E-state index contributed by atoms with van der Waals surface area (Å²) < 4.78 is 15.7. The van der Waals surface area contributed by atoms with Crippen LogP contribution in [0.15, 0.2) is 47.6 Å². The number of benzene rings is 2. The maximum atomic E-state index is 11.7. The molecule has 2 rings (SSSR count). The topological polar surface area (TPSA) is 69.2 Å². The Morgan fingerprint density at radius 1 is 1.08 bits per heavy atom. The van der Waals surface area contributed by atoms with Crippen LogP contribution < -0.4 is 19.6 Å². The standard InChI is InChI=1S/C18H20N2O4/c1-13-4-7-15(8-5-13)24-12-18(21)20-19-11-14-6-9-16(22-2)17(10-14)23-3/h4-11H,12H2,1-3H3,(H,20,21)/b19-11+. The van der Waals surface area contributed by atoms with Gasteiger partial charge in [0.1, 0.15) is 5.75 Å². The molecule has 0 aliphatic heterocycles. The summed E-state index contributed by atoms with van der Waals surface area (Å²) in [5, 5.41) is 3.90. The van der Waals surface area contributed by atoms with Crippen molar-refractivity contribution in [2.75, 3.05) is 20.8 Å². The molecule has 0 atom stereocenters. The van der Waals surface area contributed by atoms with E-state index in [4.69, 9.17) is 14.2 Å². The van der Waals surface area contributed by atoms with Gasteiger partial charge in [-0.2, -0.15) is 5.10 Å². The van der Waals surface area contributed by atoms with Crippen LogP contribution in [0.3, 0.4) is 0 Å². The number of amides is 1.